The van der Waals surface area contributed by atoms with Crippen molar-refractivity contribution in [3.05, 3.63) is 17.8 Å². The summed E-state index contributed by atoms with van der Waals surface area (Å²) in [6.07, 6.45) is 3.54. The number of nitrogens with one attached hydrogen (secondary N) is 1. The highest BCUT2D eigenvalue weighted by atomic mass is 16.4. The summed E-state index contributed by atoms with van der Waals surface area (Å²) in [5, 5.41) is 2.95. The van der Waals surface area contributed by atoms with Gasteiger partial charge in [0.2, 0.25) is 11.8 Å². The number of hydrogen-bond acceptors (Lipinski definition) is 4. The Bertz CT molecular complexity index is 430. The summed E-state index contributed by atoms with van der Waals surface area (Å²) >= 11 is 0. The summed E-state index contributed by atoms with van der Waals surface area (Å²) < 4.78 is 5.51. The van der Waals surface area contributed by atoms with Crippen LogP contribution in [-0.2, 0) is 11.3 Å². The molecule has 0 spiro atoms. The maximum Gasteiger partial charge on any atom is 0.240 e. The first-order valence-corrected chi connectivity index (χ1v) is 6.51. The quantitative estimate of drug-likeness (QED) is 0.880. The molecule has 0 aliphatic carbocycles. The fourth-order valence-corrected chi connectivity index (χ4v) is 2.53. The standard InChI is InChI=1S/C13H21N3O2/c1-4-5-13(3)12(17)14-6-7-16(13)9-11-15-8-10(2)18-11/h8H,4-7,9H2,1-3H3,(H,14,17). The van der Waals surface area contributed by atoms with Crippen LogP contribution in [0.15, 0.2) is 10.6 Å². The lowest BCUT2D eigenvalue weighted by Crippen LogP contribution is -2.62. The minimum Gasteiger partial charge on any atom is -0.445 e. The van der Waals surface area contributed by atoms with Crippen LogP contribution in [0.25, 0.3) is 0 Å². The fourth-order valence-electron chi connectivity index (χ4n) is 2.53. The molecule has 5 heteroatoms. The predicted octanol–water partition coefficient (Wildman–Crippen LogP) is 1.47. The van der Waals surface area contributed by atoms with Crippen LogP contribution in [0.1, 0.15) is 38.3 Å². The lowest BCUT2D eigenvalue weighted by molar-refractivity contribution is -0.137. The second-order valence-corrected chi connectivity index (χ2v) is 5.07. The van der Waals surface area contributed by atoms with E-state index in [1.807, 2.05) is 13.8 Å². The van der Waals surface area contributed by atoms with Crippen LogP contribution < -0.4 is 5.32 Å². The Balaban J connectivity index is 2.15. The van der Waals surface area contributed by atoms with E-state index in [1.54, 1.807) is 6.20 Å². The molecule has 2 rings (SSSR count). The van der Waals surface area contributed by atoms with Crippen LogP contribution in [0, 0.1) is 6.92 Å². The monoisotopic (exact) mass is 251 g/mol. The van der Waals surface area contributed by atoms with E-state index in [0.29, 0.717) is 19.0 Å². The van der Waals surface area contributed by atoms with Crippen molar-refractivity contribution in [2.24, 2.45) is 0 Å². The summed E-state index contributed by atoms with van der Waals surface area (Å²) in [5.41, 5.74) is -0.449. The van der Waals surface area contributed by atoms with Gasteiger partial charge in [-0.05, 0) is 20.3 Å². The number of amides is 1. The van der Waals surface area contributed by atoms with Gasteiger partial charge in [0.1, 0.15) is 5.76 Å². The van der Waals surface area contributed by atoms with Gasteiger partial charge in [0.15, 0.2) is 0 Å². The number of carbonyl (C=O) groups excluding carboxylic acids is 1. The largest absolute Gasteiger partial charge is 0.445 e. The first-order chi connectivity index (χ1) is 8.56. The molecule has 1 amide bonds. The van der Waals surface area contributed by atoms with Gasteiger partial charge in [-0.2, -0.15) is 0 Å². The number of aromatic nitrogens is 1. The zero-order valence-corrected chi connectivity index (χ0v) is 11.3. The highest BCUT2D eigenvalue weighted by molar-refractivity contribution is 5.86. The molecular formula is C13H21N3O2. The van der Waals surface area contributed by atoms with Crippen LogP contribution in [0.2, 0.25) is 0 Å². The number of carbonyl (C=O) groups is 1. The molecule has 0 radical (unpaired) electrons. The van der Waals surface area contributed by atoms with Crippen molar-refractivity contribution in [1.29, 1.82) is 0 Å². The van der Waals surface area contributed by atoms with Gasteiger partial charge in [-0.3, -0.25) is 9.69 Å². The molecule has 5 nitrogen and oxygen atoms in total. The molecule has 18 heavy (non-hydrogen) atoms. The van der Waals surface area contributed by atoms with Crippen LogP contribution in [0.5, 0.6) is 0 Å². The van der Waals surface area contributed by atoms with Crippen molar-refractivity contribution in [3.8, 4) is 0 Å². The average Bonchev–Trinajstić information content (AvgIpc) is 2.72. The van der Waals surface area contributed by atoms with Gasteiger partial charge in [-0.25, -0.2) is 4.98 Å². The third-order valence-corrected chi connectivity index (χ3v) is 3.59. The lowest BCUT2D eigenvalue weighted by Gasteiger charge is -2.43. The van der Waals surface area contributed by atoms with E-state index in [9.17, 15) is 4.79 Å². The molecule has 1 aliphatic heterocycles. The molecule has 0 saturated carbocycles. The molecule has 1 aromatic heterocycles. The van der Waals surface area contributed by atoms with E-state index in [0.717, 1.165) is 25.1 Å². The molecule has 1 aromatic rings. The fraction of sp³-hybridized carbons (Fsp3) is 0.692. The zero-order chi connectivity index (χ0) is 13.2. The Kier molecular flexibility index (Phi) is 3.71. The average molecular weight is 251 g/mol. The maximum absolute atomic E-state index is 12.1. The summed E-state index contributed by atoms with van der Waals surface area (Å²) in [6, 6.07) is 0. The van der Waals surface area contributed by atoms with Crippen LogP contribution in [0.4, 0.5) is 0 Å². The van der Waals surface area contributed by atoms with Crippen LogP contribution >= 0.6 is 0 Å². The minimum absolute atomic E-state index is 0.110. The van der Waals surface area contributed by atoms with E-state index < -0.39 is 5.54 Å². The third kappa shape index (κ3) is 2.41. The molecular weight excluding hydrogens is 230 g/mol. The topological polar surface area (TPSA) is 58.4 Å². The van der Waals surface area contributed by atoms with Gasteiger partial charge in [-0.15, -0.1) is 0 Å². The molecule has 2 heterocycles. The summed E-state index contributed by atoms with van der Waals surface area (Å²) in [5.74, 6) is 1.60. The summed E-state index contributed by atoms with van der Waals surface area (Å²) in [7, 11) is 0. The highest BCUT2D eigenvalue weighted by Crippen LogP contribution is 2.25. The number of rotatable bonds is 4. The third-order valence-electron chi connectivity index (χ3n) is 3.59. The number of piperazine rings is 1. The number of oxazole rings is 1. The number of hydrogen-bond donors (Lipinski definition) is 1. The van der Waals surface area contributed by atoms with Crippen molar-refractivity contribution in [2.75, 3.05) is 13.1 Å². The SMILES string of the molecule is CCCC1(C)C(=O)NCCN1Cc1ncc(C)o1. The Morgan fingerprint density at radius 1 is 1.61 bits per heavy atom. The van der Waals surface area contributed by atoms with E-state index in [1.165, 1.54) is 0 Å². The van der Waals surface area contributed by atoms with Crippen molar-refractivity contribution in [3.63, 3.8) is 0 Å². The van der Waals surface area contributed by atoms with E-state index >= 15 is 0 Å². The molecule has 1 saturated heterocycles. The first kappa shape index (κ1) is 13.1. The summed E-state index contributed by atoms with van der Waals surface area (Å²) in [6.45, 7) is 8.10. The van der Waals surface area contributed by atoms with E-state index in [4.69, 9.17) is 4.42 Å². The molecule has 1 unspecified atom stereocenters. The van der Waals surface area contributed by atoms with Gasteiger partial charge < -0.3 is 9.73 Å². The normalized spacial score (nSPS) is 25.2. The number of nitrogens with zero attached hydrogens (tertiary/aromatic N) is 2. The molecule has 0 aromatic carbocycles. The van der Waals surface area contributed by atoms with Crippen molar-refractivity contribution in [1.82, 2.24) is 15.2 Å². The van der Waals surface area contributed by atoms with Gasteiger partial charge in [-0.1, -0.05) is 13.3 Å². The minimum atomic E-state index is -0.449. The second-order valence-electron chi connectivity index (χ2n) is 5.07. The maximum atomic E-state index is 12.1. The Labute approximate surface area is 108 Å². The van der Waals surface area contributed by atoms with Gasteiger partial charge in [0.25, 0.3) is 0 Å². The van der Waals surface area contributed by atoms with Gasteiger partial charge >= 0.3 is 0 Å². The van der Waals surface area contributed by atoms with Crippen molar-refractivity contribution < 1.29 is 9.21 Å². The number of aryl methyl sites for hydroxylation is 1. The van der Waals surface area contributed by atoms with Crippen LogP contribution in [-0.4, -0.2) is 34.4 Å². The van der Waals surface area contributed by atoms with Crippen molar-refractivity contribution >= 4 is 5.91 Å². The van der Waals surface area contributed by atoms with Crippen LogP contribution in [0.3, 0.4) is 0 Å². The van der Waals surface area contributed by atoms with Gasteiger partial charge in [0, 0.05) is 13.1 Å². The van der Waals surface area contributed by atoms with E-state index in [-0.39, 0.29) is 5.91 Å². The molecule has 1 fully saturated rings. The predicted molar refractivity (Wildman–Crippen MR) is 68.0 cm³/mol. The first-order valence-electron chi connectivity index (χ1n) is 6.51. The highest BCUT2D eigenvalue weighted by Gasteiger charge is 2.41. The summed E-state index contributed by atoms with van der Waals surface area (Å²) in [4.78, 5) is 18.5. The van der Waals surface area contributed by atoms with Crippen molar-refractivity contribution in [2.45, 2.75) is 45.7 Å². The molecule has 0 bridgehead atoms. The second kappa shape index (κ2) is 5.10. The molecule has 1 N–H and O–H groups in total. The molecule has 1 aliphatic rings. The van der Waals surface area contributed by atoms with E-state index in [2.05, 4.69) is 22.1 Å². The van der Waals surface area contributed by atoms with Gasteiger partial charge in [0.05, 0.1) is 18.3 Å². The Morgan fingerprint density at radius 2 is 2.39 bits per heavy atom. The zero-order valence-electron chi connectivity index (χ0n) is 11.3. The molecule has 1 atom stereocenters. The Hall–Kier alpha value is -1.36. The molecule has 100 valence electrons. The smallest absolute Gasteiger partial charge is 0.240 e. The lowest BCUT2D eigenvalue weighted by atomic mass is 9.90. The Morgan fingerprint density at radius 3 is 3.00 bits per heavy atom.